The molecule has 15 heteroatoms. The van der Waals surface area contributed by atoms with Gasteiger partial charge in [-0.25, -0.2) is 9.59 Å². The number of aromatic hydroxyl groups is 2. The van der Waals surface area contributed by atoms with Crippen molar-refractivity contribution in [1.82, 2.24) is 0 Å². The van der Waals surface area contributed by atoms with E-state index in [1.54, 1.807) is 38.5 Å². The van der Waals surface area contributed by atoms with E-state index in [0.29, 0.717) is 30.3 Å². The number of ether oxygens (including phenoxy) is 4. The summed E-state index contributed by atoms with van der Waals surface area (Å²) in [6, 6.07) is 4.66. The summed E-state index contributed by atoms with van der Waals surface area (Å²) < 4.78 is 28.2. The minimum Gasteiger partial charge on any atom is -0.507 e. The second-order valence-corrected chi connectivity index (χ2v) is 18.2. The van der Waals surface area contributed by atoms with Crippen LogP contribution in [0.15, 0.2) is 58.6 Å². The Morgan fingerprint density at radius 3 is 2.18 bits per heavy atom. The number of furan rings is 1. The number of aryl methyl sites for hydroxylation is 2. The number of phenolic OH excluding ortho intramolecular Hbond substituents is 1. The van der Waals surface area contributed by atoms with Gasteiger partial charge in [-0.1, -0.05) is 19.9 Å². The van der Waals surface area contributed by atoms with E-state index in [1.165, 1.54) is 46.9 Å². The molecule has 2 aromatic carbocycles. The lowest BCUT2D eigenvalue weighted by Crippen LogP contribution is -2.70. The summed E-state index contributed by atoms with van der Waals surface area (Å²) in [4.78, 5) is 74.8. The Morgan fingerprint density at radius 2 is 1.60 bits per heavy atom. The number of epoxide rings is 1. The van der Waals surface area contributed by atoms with E-state index in [2.05, 4.69) is 6.92 Å². The fourth-order valence-corrected chi connectivity index (χ4v) is 11.9. The maximum absolute atomic E-state index is 14.3. The highest BCUT2D eigenvalue weighted by Gasteiger charge is 2.89. The van der Waals surface area contributed by atoms with Gasteiger partial charge in [-0.15, -0.1) is 0 Å². The first-order valence-electron chi connectivity index (χ1n) is 20.1. The quantitative estimate of drug-likeness (QED) is 0.0796. The van der Waals surface area contributed by atoms with Gasteiger partial charge in [0.1, 0.15) is 45.8 Å². The first kappa shape index (κ1) is 43.9. The third-order valence-corrected chi connectivity index (χ3v) is 14.5. The summed E-state index contributed by atoms with van der Waals surface area (Å²) in [6.45, 7) is 15.2. The van der Waals surface area contributed by atoms with Gasteiger partial charge < -0.3 is 43.8 Å². The number of methoxy groups -OCH3 is 1. The smallest absolute Gasteiger partial charge is 0.347 e. The number of aromatic carboxylic acids is 1. The molecule has 1 aliphatic heterocycles. The average Bonchev–Trinajstić information content (AvgIpc) is 3.55. The van der Waals surface area contributed by atoms with Crippen molar-refractivity contribution in [3.63, 3.8) is 0 Å². The van der Waals surface area contributed by atoms with E-state index in [0.717, 1.165) is 5.56 Å². The molecule has 0 bridgehead atoms. The number of aldehydes is 1. The lowest BCUT2D eigenvalue weighted by molar-refractivity contribution is -0.200. The van der Waals surface area contributed by atoms with Crippen LogP contribution in [0, 0.1) is 48.3 Å². The van der Waals surface area contributed by atoms with Gasteiger partial charge in [-0.2, -0.15) is 0 Å². The van der Waals surface area contributed by atoms with Gasteiger partial charge >= 0.3 is 17.9 Å². The van der Waals surface area contributed by atoms with Crippen LogP contribution in [-0.2, 0) is 23.9 Å². The Hall–Kier alpha value is -6.22. The molecule has 2 heterocycles. The first-order chi connectivity index (χ1) is 28.9. The van der Waals surface area contributed by atoms with E-state index in [4.69, 9.17) is 23.4 Å². The van der Waals surface area contributed by atoms with Gasteiger partial charge in [0.2, 0.25) is 5.78 Å². The van der Waals surface area contributed by atoms with Crippen molar-refractivity contribution < 1.29 is 72.6 Å². The summed E-state index contributed by atoms with van der Waals surface area (Å²) in [5, 5.41) is 41.0. The molecule has 4 N–H and O–H groups in total. The van der Waals surface area contributed by atoms with Gasteiger partial charge in [0.25, 0.3) is 0 Å². The molecule has 3 fully saturated rings. The number of carboxylic acid groups (broad SMARTS) is 1. The predicted molar refractivity (Wildman–Crippen MR) is 219 cm³/mol. The fourth-order valence-electron chi connectivity index (χ4n) is 11.9. The third kappa shape index (κ3) is 5.80. The summed E-state index contributed by atoms with van der Waals surface area (Å²) in [6.07, 6.45) is 7.52. The topological polar surface area (TPSA) is 237 Å². The Kier molecular flexibility index (Phi) is 10.2. The zero-order chi connectivity index (χ0) is 45.8. The number of fused-ring (bicyclic) bond motifs is 3. The van der Waals surface area contributed by atoms with Gasteiger partial charge in [-0.3, -0.25) is 19.2 Å². The molecule has 3 aromatic rings. The van der Waals surface area contributed by atoms with Crippen LogP contribution in [0.3, 0.4) is 0 Å². The average molecular weight is 855 g/mol. The molecule has 2 saturated carbocycles. The highest BCUT2D eigenvalue weighted by Crippen LogP contribution is 2.81. The summed E-state index contributed by atoms with van der Waals surface area (Å²) in [7, 11) is 1.31. The Morgan fingerprint density at radius 1 is 0.935 bits per heavy atom. The van der Waals surface area contributed by atoms with Crippen molar-refractivity contribution >= 4 is 35.8 Å². The van der Waals surface area contributed by atoms with Crippen LogP contribution in [-0.4, -0.2) is 81.1 Å². The Bertz CT molecular complexity index is 2540. The SMILES string of the molecule is CC(=O)OC1CC2(C)C(c3ccoc3)CC3OC32C2(C)C(=O)C(O)=C3C(C)(C)C(=O)C=CC3(C)C12.COc1cc(C)c(C(=O)Oc2cc(C)c(O)c(C(=O)O)c2C)c(O)c1C=O. The number of rotatable bonds is 7. The van der Waals surface area contributed by atoms with Crippen molar-refractivity contribution in [3.8, 4) is 23.0 Å². The van der Waals surface area contributed by atoms with Gasteiger partial charge in [0.15, 0.2) is 17.8 Å². The maximum Gasteiger partial charge on any atom is 0.347 e. The van der Waals surface area contributed by atoms with Crippen molar-refractivity contribution in [2.24, 2.45) is 27.6 Å². The number of Topliss-reactive ketones (excluding diaryl/α,β-unsaturated/α-hetero) is 1. The zero-order valence-corrected chi connectivity index (χ0v) is 36.1. The zero-order valence-electron chi connectivity index (χ0n) is 36.1. The van der Waals surface area contributed by atoms with Crippen molar-refractivity contribution in [1.29, 1.82) is 0 Å². The Labute approximate surface area is 357 Å². The summed E-state index contributed by atoms with van der Waals surface area (Å²) >= 11 is 0. The largest absolute Gasteiger partial charge is 0.507 e. The van der Waals surface area contributed by atoms with Crippen LogP contribution < -0.4 is 9.47 Å². The molecular weight excluding hydrogens is 805 g/mol. The third-order valence-electron chi connectivity index (χ3n) is 14.5. The van der Waals surface area contributed by atoms with E-state index in [9.17, 15) is 49.2 Å². The minimum absolute atomic E-state index is 0.0419. The second kappa shape index (κ2) is 14.4. The monoisotopic (exact) mass is 854 g/mol. The normalized spacial score (nSPS) is 31.1. The molecule has 1 aromatic heterocycles. The molecule has 4 aliphatic carbocycles. The van der Waals surface area contributed by atoms with Crippen molar-refractivity contribution in [2.75, 3.05) is 7.11 Å². The molecule has 8 atom stereocenters. The van der Waals surface area contributed by atoms with E-state index < -0.39 is 74.5 Å². The number of allylic oxidation sites excluding steroid dienone is 4. The number of carboxylic acids is 1. The van der Waals surface area contributed by atoms with Gasteiger partial charge in [0.05, 0.1) is 42.1 Å². The molecule has 0 amide bonds. The van der Waals surface area contributed by atoms with E-state index in [1.807, 2.05) is 19.9 Å². The number of hydrogen-bond donors (Lipinski definition) is 4. The number of phenols is 2. The van der Waals surface area contributed by atoms with Crippen LogP contribution in [0.5, 0.6) is 23.0 Å². The second-order valence-electron chi connectivity index (χ2n) is 18.2. The highest BCUT2D eigenvalue weighted by molar-refractivity contribution is 6.07. The summed E-state index contributed by atoms with van der Waals surface area (Å²) in [5.74, 6) is -5.21. The predicted octanol–water partition coefficient (Wildman–Crippen LogP) is 7.20. The number of ketones is 2. The molecule has 5 aliphatic rings. The molecule has 8 rings (SSSR count). The molecule has 328 valence electrons. The fraction of sp³-hybridized carbons (Fsp3) is 0.447. The number of benzene rings is 2. The van der Waals surface area contributed by atoms with Crippen LogP contribution in [0.1, 0.15) is 114 Å². The number of esters is 2. The van der Waals surface area contributed by atoms with Crippen LogP contribution in [0.25, 0.3) is 0 Å². The molecule has 0 radical (unpaired) electrons. The maximum atomic E-state index is 14.3. The Balaban J connectivity index is 0.000000194. The lowest BCUT2D eigenvalue weighted by atomic mass is 9.38. The van der Waals surface area contributed by atoms with Crippen LogP contribution >= 0.6 is 0 Å². The lowest BCUT2D eigenvalue weighted by Gasteiger charge is -2.64. The van der Waals surface area contributed by atoms with E-state index in [-0.39, 0.29) is 62.9 Å². The minimum atomic E-state index is -1.38. The molecule has 1 spiro atoms. The number of aliphatic hydroxyl groups excluding tert-OH is 1. The van der Waals surface area contributed by atoms with E-state index >= 15 is 0 Å². The number of aliphatic hydroxyl groups is 1. The molecule has 1 saturated heterocycles. The first-order valence-corrected chi connectivity index (χ1v) is 20.1. The number of hydrogen-bond acceptors (Lipinski definition) is 14. The molecule has 62 heavy (non-hydrogen) atoms. The van der Waals surface area contributed by atoms with Gasteiger partial charge in [-0.05, 0) is 107 Å². The van der Waals surface area contributed by atoms with Crippen LogP contribution in [0.4, 0.5) is 0 Å². The molecular formula is C47H50O15. The number of carbonyl (C=O) groups excluding carboxylic acids is 5. The van der Waals surface area contributed by atoms with Crippen molar-refractivity contribution in [2.45, 2.75) is 98.9 Å². The van der Waals surface area contributed by atoms with Crippen molar-refractivity contribution in [3.05, 3.63) is 93.2 Å². The standard InChI is InChI=1S/C28H32O7.C19H18O8/c1-14(29)34-17-12-26(5)16(15-8-10-33-13-15)11-19-28(26,35-19)27(6)21(17)25(4)9-7-18(30)24(2,3)22(25)20(31)23(27)32;1-8-5-13(26-4)11(7-20)17(22)14(8)19(25)27-12-6-9(2)16(21)15(10(12)3)18(23)24/h7-10,13,16-17,19,21,31H,11-12H2,1-6H3;5-7,21-22H,1-4H3,(H,23,24). The highest BCUT2D eigenvalue weighted by atomic mass is 16.6. The number of carbonyl (C=O) groups is 6. The summed E-state index contributed by atoms with van der Waals surface area (Å²) in [5.41, 5.74) is -3.37. The van der Waals surface area contributed by atoms with Crippen LogP contribution in [0.2, 0.25) is 0 Å². The molecule has 15 nitrogen and oxygen atoms in total. The van der Waals surface area contributed by atoms with Gasteiger partial charge in [0, 0.05) is 29.2 Å². The molecule has 8 unspecified atom stereocenters.